The summed E-state index contributed by atoms with van der Waals surface area (Å²) in [5.74, 6) is 0. The molecule has 0 spiro atoms. The van der Waals surface area contributed by atoms with Gasteiger partial charge in [0.05, 0.1) is 5.69 Å². The highest BCUT2D eigenvalue weighted by Crippen LogP contribution is 2.15. The molecule has 1 heterocycles. The molecular weight excluding hydrogens is 160 g/mol. The summed E-state index contributed by atoms with van der Waals surface area (Å²) in [5, 5.41) is 4.21. The minimum Gasteiger partial charge on any atom is -0.241 e. The Bertz CT molecular complexity index is 402. The van der Waals surface area contributed by atoms with Crippen molar-refractivity contribution in [1.82, 2.24) is 9.78 Å². The Kier molecular flexibility index (Phi) is 1.89. The van der Waals surface area contributed by atoms with Gasteiger partial charge in [0.1, 0.15) is 0 Å². The van der Waals surface area contributed by atoms with Crippen LogP contribution in [0.1, 0.15) is 11.1 Å². The lowest BCUT2D eigenvalue weighted by Crippen LogP contribution is -1.98. The highest BCUT2D eigenvalue weighted by Gasteiger charge is 2.01. The Morgan fingerprint density at radius 3 is 2.69 bits per heavy atom. The quantitative estimate of drug-likeness (QED) is 0.646. The van der Waals surface area contributed by atoms with Gasteiger partial charge in [0.25, 0.3) is 0 Å². The second-order valence-corrected chi connectivity index (χ2v) is 3.17. The molecule has 1 aromatic heterocycles. The van der Waals surface area contributed by atoms with Gasteiger partial charge in [-0.15, -0.1) is 0 Å². The van der Waals surface area contributed by atoms with Crippen molar-refractivity contribution in [2.24, 2.45) is 0 Å². The predicted molar refractivity (Wildman–Crippen MR) is 53.0 cm³/mol. The third kappa shape index (κ3) is 1.35. The first-order valence-corrected chi connectivity index (χ1v) is 4.35. The maximum Gasteiger partial charge on any atom is 0.0677 e. The number of hydrogen-bond donors (Lipinski definition) is 0. The van der Waals surface area contributed by atoms with Crippen LogP contribution in [0, 0.1) is 13.8 Å². The Labute approximate surface area is 77.8 Å². The van der Waals surface area contributed by atoms with Gasteiger partial charge >= 0.3 is 0 Å². The van der Waals surface area contributed by atoms with E-state index in [0.29, 0.717) is 0 Å². The van der Waals surface area contributed by atoms with Crippen molar-refractivity contribution < 1.29 is 0 Å². The second kappa shape index (κ2) is 3.05. The van der Waals surface area contributed by atoms with Crippen LogP contribution in [0.25, 0.3) is 5.69 Å². The summed E-state index contributed by atoms with van der Waals surface area (Å²) in [6.45, 7) is 4.23. The van der Waals surface area contributed by atoms with E-state index in [4.69, 9.17) is 0 Å². The number of rotatable bonds is 1. The van der Waals surface area contributed by atoms with Crippen LogP contribution in [0.4, 0.5) is 0 Å². The van der Waals surface area contributed by atoms with Crippen LogP contribution in [0.3, 0.4) is 0 Å². The molecule has 0 amide bonds. The van der Waals surface area contributed by atoms with Crippen molar-refractivity contribution >= 4 is 0 Å². The van der Waals surface area contributed by atoms with Crippen molar-refractivity contribution in [3.63, 3.8) is 0 Å². The van der Waals surface area contributed by atoms with E-state index in [9.17, 15) is 0 Å². The Morgan fingerprint density at radius 2 is 2.00 bits per heavy atom. The molecule has 2 nitrogen and oxygen atoms in total. The first kappa shape index (κ1) is 8.05. The van der Waals surface area contributed by atoms with E-state index in [1.165, 1.54) is 11.1 Å². The van der Waals surface area contributed by atoms with Crippen LogP contribution in [0.15, 0.2) is 36.7 Å². The van der Waals surface area contributed by atoms with E-state index in [-0.39, 0.29) is 0 Å². The van der Waals surface area contributed by atoms with E-state index in [1.54, 1.807) is 6.20 Å². The SMILES string of the molecule is Cc1cccc(-n2cccn2)c1C. The third-order valence-electron chi connectivity index (χ3n) is 2.33. The normalized spacial score (nSPS) is 10.3. The van der Waals surface area contributed by atoms with Crippen molar-refractivity contribution in [2.75, 3.05) is 0 Å². The fraction of sp³-hybridized carbons (Fsp3) is 0.182. The van der Waals surface area contributed by atoms with Gasteiger partial charge in [0.2, 0.25) is 0 Å². The Morgan fingerprint density at radius 1 is 1.15 bits per heavy atom. The average Bonchev–Trinajstić information content (AvgIpc) is 2.62. The number of aromatic nitrogens is 2. The maximum atomic E-state index is 4.21. The molecule has 66 valence electrons. The molecule has 2 heteroatoms. The second-order valence-electron chi connectivity index (χ2n) is 3.17. The molecule has 0 saturated heterocycles. The van der Waals surface area contributed by atoms with Crippen LogP contribution in [-0.4, -0.2) is 9.78 Å². The topological polar surface area (TPSA) is 17.8 Å². The van der Waals surface area contributed by atoms with Crippen LogP contribution in [-0.2, 0) is 0 Å². The molecule has 0 atom stereocenters. The number of benzene rings is 1. The van der Waals surface area contributed by atoms with Gasteiger partial charge in [-0.2, -0.15) is 5.10 Å². The summed E-state index contributed by atoms with van der Waals surface area (Å²) in [6, 6.07) is 8.18. The lowest BCUT2D eigenvalue weighted by molar-refractivity contribution is 0.870. The van der Waals surface area contributed by atoms with Crippen molar-refractivity contribution in [1.29, 1.82) is 0 Å². The third-order valence-corrected chi connectivity index (χ3v) is 2.33. The standard InChI is InChI=1S/C11H12N2/c1-9-5-3-6-11(10(9)2)13-8-4-7-12-13/h3-8H,1-2H3. The summed E-state index contributed by atoms with van der Waals surface area (Å²) >= 11 is 0. The van der Waals surface area contributed by atoms with Gasteiger partial charge in [-0.05, 0) is 37.1 Å². The van der Waals surface area contributed by atoms with Gasteiger partial charge in [-0.3, -0.25) is 0 Å². The highest BCUT2D eigenvalue weighted by atomic mass is 15.3. The van der Waals surface area contributed by atoms with E-state index in [0.717, 1.165) is 5.69 Å². The molecule has 0 N–H and O–H groups in total. The minimum atomic E-state index is 1.16. The van der Waals surface area contributed by atoms with Gasteiger partial charge in [-0.1, -0.05) is 12.1 Å². The first-order chi connectivity index (χ1) is 6.29. The molecular formula is C11H12N2. The zero-order valence-electron chi connectivity index (χ0n) is 7.86. The molecule has 0 bridgehead atoms. The Balaban J connectivity index is 2.59. The molecule has 13 heavy (non-hydrogen) atoms. The van der Waals surface area contributed by atoms with Gasteiger partial charge in [0, 0.05) is 12.4 Å². The maximum absolute atomic E-state index is 4.21. The summed E-state index contributed by atoms with van der Waals surface area (Å²) < 4.78 is 1.89. The average molecular weight is 172 g/mol. The van der Waals surface area contributed by atoms with Gasteiger partial charge in [0.15, 0.2) is 0 Å². The predicted octanol–water partition coefficient (Wildman–Crippen LogP) is 2.49. The number of hydrogen-bond acceptors (Lipinski definition) is 1. The first-order valence-electron chi connectivity index (χ1n) is 4.35. The largest absolute Gasteiger partial charge is 0.241 e. The monoisotopic (exact) mass is 172 g/mol. The van der Waals surface area contributed by atoms with Crippen LogP contribution in [0.2, 0.25) is 0 Å². The highest BCUT2D eigenvalue weighted by molar-refractivity contribution is 5.43. The van der Waals surface area contributed by atoms with Crippen molar-refractivity contribution in [3.05, 3.63) is 47.8 Å². The zero-order chi connectivity index (χ0) is 9.26. The lowest BCUT2D eigenvalue weighted by atomic mass is 10.1. The van der Waals surface area contributed by atoms with E-state index >= 15 is 0 Å². The lowest BCUT2D eigenvalue weighted by Gasteiger charge is -2.07. The van der Waals surface area contributed by atoms with E-state index < -0.39 is 0 Å². The summed E-state index contributed by atoms with van der Waals surface area (Å²) in [6.07, 6.45) is 3.75. The molecule has 0 aliphatic carbocycles. The molecule has 2 rings (SSSR count). The number of aryl methyl sites for hydroxylation is 1. The van der Waals surface area contributed by atoms with Crippen LogP contribution >= 0.6 is 0 Å². The molecule has 0 unspecified atom stereocenters. The fourth-order valence-corrected chi connectivity index (χ4v) is 1.40. The van der Waals surface area contributed by atoms with Crippen LogP contribution < -0.4 is 0 Å². The summed E-state index contributed by atoms with van der Waals surface area (Å²) in [4.78, 5) is 0. The van der Waals surface area contributed by atoms with E-state index in [1.807, 2.05) is 16.9 Å². The van der Waals surface area contributed by atoms with Crippen molar-refractivity contribution in [2.45, 2.75) is 13.8 Å². The summed E-state index contributed by atoms with van der Waals surface area (Å²) in [5.41, 5.74) is 3.74. The molecule has 1 aromatic carbocycles. The van der Waals surface area contributed by atoms with E-state index in [2.05, 4.69) is 37.1 Å². The summed E-state index contributed by atoms with van der Waals surface area (Å²) in [7, 11) is 0. The van der Waals surface area contributed by atoms with Gasteiger partial charge in [-0.25, -0.2) is 4.68 Å². The zero-order valence-corrected chi connectivity index (χ0v) is 7.86. The molecule has 0 saturated carbocycles. The van der Waals surface area contributed by atoms with Crippen LogP contribution in [0.5, 0.6) is 0 Å². The molecule has 2 aromatic rings. The molecule has 0 aliphatic heterocycles. The van der Waals surface area contributed by atoms with Gasteiger partial charge < -0.3 is 0 Å². The molecule has 0 fully saturated rings. The molecule has 0 aliphatic rings. The molecule has 0 radical (unpaired) electrons. The Hall–Kier alpha value is -1.57. The number of nitrogens with zero attached hydrogens (tertiary/aromatic N) is 2. The minimum absolute atomic E-state index is 1.16. The smallest absolute Gasteiger partial charge is 0.0677 e. The fourth-order valence-electron chi connectivity index (χ4n) is 1.40. The van der Waals surface area contributed by atoms with Crippen molar-refractivity contribution in [3.8, 4) is 5.69 Å².